The number of benzene rings is 1. The average Bonchev–Trinajstić information content (AvgIpc) is 2.53. The summed E-state index contributed by atoms with van der Waals surface area (Å²) in [6.07, 6.45) is 3.66. The molecule has 2 aliphatic rings. The molecule has 0 atom stereocenters. The van der Waals surface area contributed by atoms with Crippen molar-refractivity contribution in [1.82, 2.24) is 10.2 Å². The molecule has 0 aromatic heterocycles. The van der Waals surface area contributed by atoms with Gasteiger partial charge in [0.05, 0.1) is 6.61 Å². The predicted octanol–water partition coefficient (Wildman–Crippen LogP) is 2.44. The van der Waals surface area contributed by atoms with E-state index < -0.39 is 0 Å². The minimum absolute atomic E-state index is 0.732. The van der Waals surface area contributed by atoms with E-state index in [4.69, 9.17) is 4.74 Å². The minimum atomic E-state index is 0.732. The number of hydrogen-bond donors (Lipinski definition) is 1. The summed E-state index contributed by atoms with van der Waals surface area (Å²) in [5.74, 6) is 1.86. The SMILES string of the molecule is CCN1CCC(COc2cccc3c2CCNC3)CC1. The molecule has 1 N–H and O–H groups in total. The third-order valence-electron chi connectivity index (χ3n) is 4.73. The zero-order valence-corrected chi connectivity index (χ0v) is 12.5. The summed E-state index contributed by atoms with van der Waals surface area (Å²) < 4.78 is 6.17. The molecular weight excluding hydrogens is 248 g/mol. The lowest BCUT2D eigenvalue weighted by Crippen LogP contribution is -2.35. The van der Waals surface area contributed by atoms with Crippen molar-refractivity contribution >= 4 is 0 Å². The lowest BCUT2D eigenvalue weighted by atomic mass is 9.97. The van der Waals surface area contributed by atoms with Crippen LogP contribution in [0, 0.1) is 5.92 Å². The highest BCUT2D eigenvalue weighted by Gasteiger charge is 2.20. The first-order chi connectivity index (χ1) is 9.86. The van der Waals surface area contributed by atoms with E-state index in [1.54, 1.807) is 0 Å². The number of nitrogens with one attached hydrogen (secondary N) is 1. The summed E-state index contributed by atoms with van der Waals surface area (Å²) in [7, 11) is 0. The molecule has 3 nitrogen and oxygen atoms in total. The van der Waals surface area contributed by atoms with Gasteiger partial charge in [0.1, 0.15) is 5.75 Å². The molecule has 3 heteroatoms. The van der Waals surface area contributed by atoms with Crippen molar-refractivity contribution in [3.8, 4) is 5.75 Å². The normalized spacial score (nSPS) is 20.6. The van der Waals surface area contributed by atoms with E-state index in [0.29, 0.717) is 0 Å². The lowest BCUT2D eigenvalue weighted by Gasteiger charge is -2.31. The molecule has 0 saturated carbocycles. The molecule has 1 fully saturated rings. The van der Waals surface area contributed by atoms with Gasteiger partial charge in [-0.1, -0.05) is 19.1 Å². The zero-order valence-electron chi connectivity index (χ0n) is 12.5. The van der Waals surface area contributed by atoms with Gasteiger partial charge in [-0.2, -0.15) is 0 Å². The maximum Gasteiger partial charge on any atom is 0.122 e. The molecule has 2 aliphatic heterocycles. The Morgan fingerprint density at radius 1 is 1.30 bits per heavy atom. The smallest absolute Gasteiger partial charge is 0.122 e. The first kappa shape index (κ1) is 13.9. The van der Waals surface area contributed by atoms with E-state index in [-0.39, 0.29) is 0 Å². The van der Waals surface area contributed by atoms with Crippen molar-refractivity contribution in [3.63, 3.8) is 0 Å². The fraction of sp³-hybridized carbons (Fsp3) is 0.647. The molecule has 0 radical (unpaired) electrons. The van der Waals surface area contributed by atoms with Crippen LogP contribution < -0.4 is 10.1 Å². The fourth-order valence-electron chi connectivity index (χ4n) is 3.31. The van der Waals surface area contributed by atoms with Crippen LogP contribution in [0.3, 0.4) is 0 Å². The summed E-state index contributed by atoms with van der Waals surface area (Å²) in [6.45, 7) is 8.86. The van der Waals surface area contributed by atoms with Crippen molar-refractivity contribution < 1.29 is 4.74 Å². The largest absolute Gasteiger partial charge is 0.493 e. The van der Waals surface area contributed by atoms with E-state index in [0.717, 1.165) is 37.8 Å². The second-order valence-electron chi connectivity index (χ2n) is 6.01. The van der Waals surface area contributed by atoms with Gasteiger partial charge in [0.25, 0.3) is 0 Å². The molecule has 1 aromatic carbocycles. The Morgan fingerprint density at radius 2 is 2.15 bits per heavy atom. The monoisotopic (exact) mass is 274 g/mol. The van der Waals surface area contributed by atoms with Crippen LogP contribution in [0.4, 0.5) is 0 Å². The van der Waals surface area contributed by atoms with Gasteiger partial charge in [-0.05, 0) is 68.6 Å². The Hall–Kier alpha value is -1.06. The molecule has 2 heterocycles. The molecule has 20 heavy (non-hydrogen) atoms. The summed E-state index contributed by atoms with van der Waals surface area (Å²) in [5, 5.41) is 3.42. The van der Waals surface area contributed by atoms with Crippen LogP contribution in [0.15, 0.2) is 18.2 Å². The highest BCUT2D eigenvalue weighted by Crippen LogP contribution is 2.26. The number of piperidine rings is 1. The van der Waals surface area contributed by atoms with Crippen LogP contribution in [-0.4, -0.2) is 37.7 Å². The molecule has 0 bridgehead atoms. The van der Waals surface area contributed by atoms with Crippen molar-refractivity contribution in [2.45, 2.75) is 32.7 Å². The predicted molar refractivity (Wildman–Crippen MR) is 82.2 cm³/mol. The van der Waals surface area contributed by atoms with Gasteiger partial charge in [-0.15, -0.1) is 0 Å². The number of ether oxygens (including phenoxy) is 1. The summed E-state index contributed by atoms with van der Waals surface area (Å²) >= 11 is 0. The number of likely N-dealkylation sites (tertiary alicyclic amines) is 1. The molecule has 1 saturated heterocycles. The van der Waals surface area contributed by atoms with E-state index in [2.05, 4.69) is 35.3 Å². The first-order valence-electron chi connectivity index (χ1n) is 8.03. The minimum Gasteiger partial charge on any atom is -0.493 e. The summed E-state index contributed by atoms with van der Waals surface area (Å²) in [6, 6.07) is 6.49. The van der Waals surface area contributed by atoms with E-state index in [1.807, 2.05) is 0 Å². The maximum atomic E-state index is 6.17. The Morgan fingerprint density at radius 3 is 2.95 bits per heavy atom. The number of fused-ring (bicyclic) bond motifs is 1. The molecule has 0 aliphatic carbocycles. The zero-order chi connectivity index (χ0) is 13.8. The molecular formula is C17H26N2O. The van der Waals surface area contributed by atoms with E-state index in [1.165, 1.54) is 43.6 Å². The topological polar surface area (TPSA) is 24.5 Å². The van der Waals surface area contributed by atoms with Gasteiger partial charge in [-0.3, -0.25) is 0 Å². The Balaban J connectivity index is 1.56. The lowest BCUT2D eigenvalue weighted by molar-refractivity contribution is 0.145. The van der Waals surface area contributed by atoms with Gasteiger partial charge in [0.15, 0.2) is 0 Å². The van der Waals surface area contributed by atoms with Crippen LogP contribution in [0.2, 0.25) is 0 Å². The van der Waals surface area contributed by atoms with Crippen LogP contribution in [0.25, 0.3) is 0 Å². The maximum absolute atomic E-state index is 6.17. The standard InChI is InChI=1S/C17H26N2O/c1-2-19-10-7-14(8-11-19)13-20-17-5-3-4-15-12-18-9-6-16(15)17/h3-5,14,18H,2,6-13H2,1H3. The Labute approximate surface area is 122 Å². The highest BCUT2D eigenvalue weighted by molar-refractivity contribution is 5.41. The number of rotatable bonds is 4. The van der Waals surface area contributed by atoms with Gasteiger partial charge in [0, 0.05) is 6.54 Å². The van der Waals surface area contributed by atoms with Gasteiger partial charge < -0.3 is 15.0 Å². The van der Waals surface area contributed by atoms with Crippen LogP contribution in [0.5, 0.6) is 5.75 Å². The molecule has 110 valence electrons. The van der Waals surface area contributed by atoms with Crippen LogP contribution in [0.1, 0.15) is 30.9 Å². The first-order valence-corrected chi connectivity index (χ1v) is 8.03. The summed E-state index contributed by atoms with van der Waals surface area (Å²) in [5.41, 5.74) is 2.84. The quantitative estimate of drug-likeness (QED) is 0.912. The van der Waals surface area contributed by atoms with Gasteiger partial charge in [0.2, 0.25) is 0 Å². The van der Waals surface area contributed by atoms with E-state index >= 15 is 0 Å². The van der Waals surface area contributed by atoms with Crippen molar-refractivity contribution in [2.24, 2.45) is 5.92 Å². The Kier molecular flexibility index (Phi) is 4.58. The van der Waals surface area contributed by atoms with Crippen LogP contribution in [-0.2, 0) is 13.0 Å². The highest BCUT2D eigenvalue weighted by atomic mass is 16.5. The fourth-order valence-corrected chi connectivity index (χ4v) is 3.31. The average molecular weight is 274 g/mol. The van der Waals surface area contributed by atoms with Crippen LogP contribution >= 0.6 is 0 Å². The van der Waals surface area contributed by atoms with Crippen molar-refractivity contribution in [1.29, 1.82) is 0 Å². The van der Waals surface area contributed by atoms with E-state index in [9.17, 15) is 0 Å². The number of nitrogens with zero attached hydrogens (tertiary/aromatic N) is 1. The molecule has 1 aromatic rings. The third kappa shape index (κ3) is 3.15. The molecule has 0 unspecified atom stereocenters. The number of hydrogen-bond acceptors (Lipinski definition) is 3. The second kappa shape index (κ2) is 6.59. The molecule has 3 rings (SSSR count). The molecule has 0 amide bonds. The third-order valence-corrected chi connectivity index (χ3v) is 4.73. The Bertz CT molecular complexity index is 439. The second-order valence-corrected chi connectivity index (χ2v) is 6.01. The summed E-state index contributed by atoms with van der Waals surface area (Å²) in [4.78, 5) is 2.53. The van der Waals surface area contributed by atoms with Gasteiger partial charge in [-0.25, -0.2) is 0 Å². The van der Waals surface area contributed by atoms with Crippen molar-refractivity contribution in [2.75, 3.05) is 32.8 Å². The molecule has 0 spiro atoms. The van der Waals surface area contributed by atoms with Crippen molar-refractivity contribution in [3.05, 3.63) is 29.3 Å². The van der Waals surface area contributed by atoms with Gasteiger partial charge >= 0.3 is 0 Å².